The second kappa shape index (κ2) is 9.63. The zero-order valence-electron chi connectivity index (χ0n) is 16.7. The van der Waals surface area contributed by atoms with E-state index in [-0.39, 0.29) is 24.9 Å². The van der Waals surface area contributed by atoms with E-state index in [4.69, 9.17) is 0 Å². The standard InChI is InChI=1S/C21H25N5O2S/c1-14-7-6-10-18(23-14)24-19(27)12-26(2)13-20(28)25-21-16(11-22)15-8-4-3-5-9-17(15)29-21/h6-7,10H,3-5,8-9,12-13H2,1-2H3,(H,25,28)(H,23,24,27). The molecule has 7 nitrogen and oxygen atoms in total. The number of rotatable bonds is 6. The Balaban J connectivity index is 1.55. The normalized spacial score (nSPS) is 13.3. The van der Waals surface area contributed by atoms with Crippen molar-refractivity contribution in [2.24, 2.45) is 0 Å². The molecule has 3 rings (SSSR count). The van der Waals surface area contributed by atoms with Gasteiger partial charge in [-0.25, -0.2) is 4.98 Å². The number of nitrogens with zero attached hydrogens (tertiary/aromatic N) is 3. The minimum Gasteiger partial charge on any atom is -0.315 e. The van der Waals surface area contributed by atoms with E-state index in [1.807, 2.05) is 19.1 Å². The van der Waals surface area contributed by atoms with Crippen molar-refractivity contribution in [2.45, 2.75) is 39.0 Å². The highest BCUT2D eigenvalue weighted by molar-refractivity contribution is 7.16. The third-order valence-electron chi connectivity index (χ3n) is 4.77. The zero-order valence-corrected chi connectivity index (χ0v) is 17.6. The smallest absolute Gasteiger partial charge is 0.239 e. The quantitative estimate of drug-likeness (QED) is 0.712. The molecular formula is C21H25N5O2S. The number of fused-ring (bicyclic) bond motifs is 1. The molecule has 2 N–H and O–H groups in total. The van der Waals surface area contributed by atoms with Crippen LogP contribution in [0.2, 0.25) is 0 Å². The monoisotopic (exact) mass is 411 g/mol. The maximum absolute atomic E-state index is 12.5. The molecule has 2 amide bonds. The van der Waals surface area contributed by atoms with Crippen LogP contribution in [0.25, 0.3) is 0 Å². The van der Waals surface area contributed by atoms with Gasteiger partial charge in [0, 0.05) is 10.6 Å². The lowest BCUT2D eigenvalue weighted by Gasteiger charge is -2.15. The fourth-order valence-corrected chi connectivity index (χ4v) is 4.71. The van der Waals surface area contributed by atoms with Crippen molar-refractivity contribution in [3.8, 4) is 6.07 Å². The third kappa shape index (κ3) is 5.62. The Morgan fingerprint density at radius 3 is 2.62 bits per heavy atom. The first kappa shape index (κ1) is 21.0. The number of carbonyl (C=O) groups is 2. The van der Waals surface area contributed by atoms with Crippen LogP contribution in [0.5, 0.6) is 0 Å². The van der Waals surface area contributed by atoms with Gasteiger partial charge in [-0.2, -0.15) is 5.26 Å². The number of hydrogen-bond acceptors (Lipinski definition) is 6. The van der Waals surface area contributed by atoms with Crippen LogP contribution < -0.4 is 10.6 Å². The Morgan fingerprint density at radius 1 is 1.17 bits per heavy atom. The summed E-state index contributed by atoms with van der Waals surface area (Å²) in [6.45, 7) is 1.98. The molecule has 0 radical (unpaired) electrons. The van der Waals surface area contributed by atoms with Gasteiger partial charge in [-0.05, 0) is 57.4 Å². The van der Waals surface area contributed by atoms with E-state index in [1.165, 1.54) is 22.6 Å². The van der Waals surface area contributed by atoms with Crippen molar-refractivity contribution in [1.82, 2.24) is 9.88 Å². The van der Waals surface area contributed by atoms with Crippen LogP contribution in [0, 0.1) is 18.3 Å². The highest BCUT2D eigenvalue weighted by Crippen LogP contribution is 2.36. The molecule has 8 heteroatoms. The largest absolute Gasteiger partial charge is 0.315 e. The van der Waals surface area contributed by atoms with E-state index < -0.39 is 0 Å². The molecule has 0 atom stereocenters. The number of pyridine rings is 1. The van der Waals surface area contributed by atoms with Gasteiger partial charge in [0.1, 0.15) is 16.9 Å². The molecule has 29 heavy (non-hydrogen) atoms. The number of anilines is 2. The predicted molar refractivity (Wildman–Crippen MR) is 114 cm³/mol. The fourth-order valence-electron chi connectivity index (χ4n) is 3.46. The molecule has 0 unspecified atom stereocenters. The van der Waals surface area contributed by atoms with Gasteiger partial charge >= 0.3 is 0 Å². The second-order valence-corrected chi connectivity index (χ2v) is 8.42. The third-order valence-corrected chi connectivity index (χ3v) is 5.98. The van der Waals surface area contributed by atoms with Gasteiger partial charge in [0.15, 0.2) is 0 Å². The van der Waals surface area contributed by atoms with Crippen LogP contribution in [-0.4, -0.2) is 41.8 Å². The van der Waals surface area contributed by atoms with Gasteiger partial charge in [-0.3, -0.25) is 14.5 Å². The second-order valence-electron chi connectivity index (χ2n) is 7.31. The predicted octanol–water partition coefficient (Wildman–Crippen LogP) is 3.10. The van der Waals surface area contributed by atoms with Crippen LogP contribution in [0.4, 0.5) is 10.8 Å². The average molecular weight is 412 g/mol. The van der Waals surface area contributed by atoms with Crippen molar-refractivity contribution in [1.29, 1.82) is 5.26 Å². The van der Waals surface area contributed by atoms with E-state index in [1.54, 1.807) is 18.0 Å². The number of amides is 2. The average Bonchev–Trinajstić information content (AvgIpc) is 2.81. The Hall–Kier alpha value is -2.76. The molecule has 0 fully saturated rings. The van der Waals surface area contributed by atoms with Gasteiger partial charge in [0.2, 0.25) is 11.8 Å². The maximum Gasteiger partial charge on any atom is 0.239 e. The summed E-state index contributed by atoms with van der Waals surface area (Å²) < 4.78 is 0. The van der Waals surface area contributed by atoms with E-state index in [0.717, 1.165) is 36.9 Å². The molecule has 0 saturated heterocycles. The van der Waals surface area contributed by atoms with Gasteiger partial charge in [0.25, 0.3) is 0 Å². The Morgan fingerprint density at radius 2 is 1.90 bits per heavy atom. The number of likely N-dealkylation sites (N-methyl/N-ethyl adjacent to an activating group) is 1. The van der Waals surface area contributed by atoms with Crippen molar-refractivity contribution in [3.05, 3.63) is 39.9 Å². The molecule has 1 aliphatic carbocycles. The molecule has 0 bridgehead atoms. The molecule has 0 aromatic carbocycles. The lowest BCUT2D eigenvalue weighted by molar-refractivity contribution is -0.119. The van der Waals surface area contributed by atoms with Gasteiger partial charge < -0.3 is 10.6 Å². The Kier molecular flexibility index (Phi) is 6.96. The summed E-state index contributed by atoms with van der Waals surface area (Å²) in [5.41, 5.74) is 2.52. The van der Waals surface area contributed by atoms with E-state index in [2.05, 4.69) is 21.7 Å². The number of aromatic nitrogens is 1. The van der Waals surface area contributed by atoms with Crippen molar-refractivity contribution < 1.29 is 9.59 Å². The van der Waals surface area contributed by atoms with Crippen LogP contribution in [0.3, 0.4) is 0 Å². The summed E-state index contributed by atoms with van der Waals surface area (Å²) in [4.78, 5) is 31.7. The highest BCUT2D eigenvalue weighted by Gasteiger charge is 2.21. The number of thiophene rings is 1. The van der Waals surface area contributed by atoms with Gasteiger partial charge in [-0.15, -0.1) is 11.3 Å². The van der Waals surface area contributed by atoms with Crippen LogP contribution in [-0.2, 0) is 22.4 Å². The number of aryl methyl sites for hydroxylation is 2. The minimum atomic E-state index is -0.237. The molecule has 0 saturated carbocycles. The summed E-state index contributed by atoms with van der Waals surface area (Å²) in [5.74, 6) is 0.0208. The van der Waals surface area contributed by atoms with Gasteiger partial charge in [-0.1, -0.05) is 12.5 Å². The first-order valence-corrected chi connectivity index (χ1v) is 10.5. The van der Waals surface area contributed by atoms with Gasteiger partial charge in [0.05, 0.1) is 18.7 Å². The molecular weight excluding hydrogens is 386 g/mol. The molecule has 2 aromatic heterocycles. The molecule has 2 heterocycles. The zero-order chi connectivity index (χ0) is 20.8. The Bertz CT molecular complexity index is 947. The highest BCUT2D eigenvalue weighted by atomic mass is 32.1. The summed E-state index contributed by atoms with van der Waals surface area (Å²) in [5, 5.41) is 15.8. The number of carbonyl (C=O) groups excluding carboxylic acids is 2. The molecule has 0 aliphatic heterocycles. The summed E-state index contributed by atoms with van der Waals surface area (Å²) in [7, 11) is 1.71. The number of nitrogens with one attached hydrogen (secondary N) is 2. The minimum absolute atomic E-state index is 0.0576. The topological polar surface area (TPSA) is 98.1 Å². The molecule has 152 valence electrons. The van der Waals surface area contributed by atoms with Crippen LogP contribution >= 0.6 is 11.3 Å². The van der Waals surface area contributed by atoms with Crippen LogP contribution in [0.1, 0.15) is 41.0 Å². The van der Waals surface area contributed by atoms with E-state index >= 15 is 0 Å². The maximum atomic E-state index is 12.5. The molecule has 2 aromatic rings. The lowest BCUT2D eigenvalue weighted by atomic mass is 10.1. The lowest BCUT2D eigenvalue weighted by Crippen LogP contribution is -2.36. The Labute approximate surface area is 174 Å². The van der Waals surface area contributed by atoms with E-state index in [0.29, 0.717) is 16.4 Å². The number of nitriles is 1. The molecule has 1 aliphatic rings. The number of hydrogen-bond donors (Lipinski definition) is 2. The summed E-state index contributed by atoms with van der Waals surface area (Å²) in [6, 6.07) is 7.67. The fraction of sp³-hybridized carbons (Fsp3) is 0.429. The van der Waals surface area contributed by atoms with Crippen molar-refractivity contribution in [2.75, 3.05) is 30.8 Å². The SMILES string of the molecule is Cc1cccc(NC(=O)CN(C)CC(=O)Nc2sc3c(c2C#N)CCCCC3)n1. The van der Waals surface area contributed by atoms with Crippen LogP contribution in [0.15, 0.2) is 18.2 Å². The van der Waals surface area contributed by atoms with Crippen molar-refractivity contribution in [3.63, 3.8) is 0 Å². The summed E-state index contributed by atoms with van der Waals surface area (Å²) >= 11 is 1.51. The molecule has 0 spiro atoms. The first-order valence-electron chi connectivity index (χ1n) is 9.73. The first-order chi connectivity index (χ1) is 14.0. The van der Waals surface area contributed by atoms with E-state index in [9.17, 15) is 14.9 Å². The summed E-state index contributed by atoms with van der Waals surface area (Å²) in [6.07, 6.45) is 5.26. The van der Waals surface area contributed by atoms with Crippen molar-refractivity contribution >= 4 is 34.0 Å².